The fourth-order valence-corrected chi connectivity index (χ4v) is 3.58. The number of sulfonamides is 1. The third kappa shape index (κ3) is 5.51. The van der Waals surface area contributed by atoms with Crippen LogP contribution in [-0.2, 0) is 21.4 Å². The first kappa shape index (κ1) is 19.8. The van der Waals surface area contributed by atoms with Crippen LogP contribution in [0.5, 0.6) is 0 Å². The van der Waals surface area contributed by atoms with Crippen LogP contribution in [-0.4, -0.2) is 27.1 Å². The molecule has 5 nitrogen and oxygen atoms in total. The number of carbonyl (C=O) groups excluding carboxylic acids is 1. The second-order valence-electron chi connectivity index (χ2n) is 5.23. The maximum atomic E-state index is 12.2. The smallest absolute Gasteiger partial charge is 0.241 e. The zero-order valence-corrected chi connectivity index (χ0v) is 16.3. The Morgan fingerprint density at radius 3 is 2.40 bits per heavy atom. The van der Waals surface area contributed by atoms with Crippen molar-refractivity contribution in [2.24, 2.45) is 0 Å². The zero-order valence-electron chi connectivity index (χ0n) is 13.2. The molecule has 0 heterocycles. The molecule has 0 spiro atoms. The van der Waals surface area contributed by atoms with E-state index in [9.17, 15) is 13.2 Å². The van der Waals surface area contributed by atoms with Crippen LogP contribution < -0.4 is 9.62 Å². The Kier molecular flexibility index (Phi) is 6.57. The summed E-state index contributed by atoms with van der Waals surface area (Å²) in [5.74, 6) is -0.499. The first-order valence-corrected chi connectivity index (χ1v) is 10.1. The predicted molar refractivity (Wildman–Crippen MR) is 102 cm³/mol. The Balaban J connectivity index is 2.16. The summed E-state index contributed by atoms with van der Waals surface area (Å²) in [4.78, 5) is 12.2. The number of benzene rings is 2. The van der Waals surface area contributed by atoms with Gasteiger partial charge in [0.15, 0.2) is 0 Å². The Hall–Kier alpha value is -1.47. The van der Waals surface area contributed by atoms with Crippen LogP contribution in [0.3, 0.4) is 0 Å². The number of halogens is 3. The van der Waals surface area contributed by atoms with Gasteiger partial charge in [-0.25, -0.2) is 8.42 Å². The number of nitrogens with one attached hydrogen (secondary N) is 1. The molecule has 2 aromatic rings. The van der Waals surface area contributed by atoms with Gasteiger partial charge >= 0.3 is 0 Å². The van der Waals surface area contributed by atoms with Crippen LogP contribution in [0.25, 0.3) is 0 Å². The van der Waals surface area contributed by atoms with Gasteiger partial charge in [0.25, 0.3) is 0 Å². The van der Waals surface area contributed by atoms with Gasteiger partial charge in [0.05, 0.1) is 17.0 Å². The van der Waals surface area contributed by atoms with Crippen molar-refractivity contribution in [3.05, 3.63) is 63.1 Å². The second kappa shape index (κ2) is 8.27. The van der Waals surface area contributed by atoms with Crippen molar-refractivity contribution in [1.29, 1.82) is 0 Å². The molecule has 0 aliphatic carbocycles. The van der Waals surface area contributed by atoms with E-state index in [-0.39, 0.29) is 17.3 Å². The number of rotatable bonds is 6. The average molecular weight is 422 g/mol. The minimum atomic E-state index is -3.74. The van der Waals surface area contributed by atoms with E-state index < -0.39 is 22.5 Å². The molecule has 0 unspecified atom stereocenters. The van der Waals surface area contributed by atoms with E-state index in [0.29, 0.717) is 10.0 Å². The highest BCUT2D eigenvalue weighted by Gasteiger charge is 2.23. The number of amides is 1. The van der Waals surface area contributed by atoms with Crippen molar-refractivity contribution in [1.82, 2.24) is 5.32 Å². The summed E-state index contributed by atoms with van der Waals surface area (Å²) in [7, 11) is -3.74. The molecule has 2 aromatic carbocycles. The highest BCUT2D eigenvalue weighted by molar-refractivity contribution is 7.92. The molecule has 9 heteroatoms. The fraction of sp³-hybridized carbons (Fsp3) is 0.188. The summed E-state index contributed by atoms with van der Waals surface area (Å²) in [5.41, 5.74) is 0.869. The van der Waals surface area contributed by atoms with Crippen molar-refractivity contribution in [2.45, 2.75) is 6.54 Å². The van der Waals surface area contributed by atoms with Crippen LogP contribution in [0.1, 0.15) is 5.56 Å². The number of carbonyl (C=O) groups is 1. The van der Waals surface area contributed by atoms with Crippen LogP contribution in [0.2, 0.25) is 15.1 Å². The summed E-state index contributed by atoms with van der Waals surface area (Å²) in [6, 6.07) is 11.4. The van der Waals surface area contributed by atoms with Crippen molar-refractivity contribution in [2.75, 3.05) is 17.1 Å². The molecule has 1 N–H and O–H groups in total. The van der Waals surface area contributed by atoms with Gasteiger partial charge in [-0.05, 0) is 29.8 Å². The molecule has 0 bridgehead atoms. The molecule has 0 saturated carbocycles. The zero-order chi connectivity index (χ0) is 18.6. The Morgan fingerprint density at radius 2 is 1.76 bits per heavy atom. The maximum Gasteiger partial charge on any atom is 0.241 e. The highest BCUT2D eigenvalue weighted by atomic mass is 35.5. The summed E-state index contributed by atoms with van der Waals surface area (Å²) in [6.45, 7) is -0.247. The van der Waals surface area contributed by atoms with Gasteiger partial charge < -0.3 is 5.32 Å². The number of hydrogen-bond donors (Lipinski definition) is 1. The summed E-state index contributed by atoms with van der Waals surface area (Å²) in [5, 5.41) is 3.64. The first-order valence-electron chi connectivity index (χ1n) is 7.11. The third-order valence-corrected chi connectivity index (χ3v) is 5.35. The Labute approximate surface area is 161 Å². The van der Waals surface area contributed by atoms with E-state index in [0.717, 1.165) is 16.1 Å². The van der Waals surface area contributed by atoms with Gasteiger partial charge in [0.2, 0.25) is 15.9 Å². The van der Waals surface area contributed by atoms with E-state index in [1.54, 1.807) is 24.3 Å². The van der Waals surface area contributed by atoms with E-state index in [4.69, 9.17) is 34.8 Å². The van der Waals surface area contributed by atoms with E-state index in [2.05, 4.69) is 5.32 Å². The van der Waals surface area contributed by atoms with Gasteiger partial charge in [0, 0.05) is 16.6 Å². The van der Waals surface area contributed by atoms with Crippen LogP contribution in [0, 0.1) is 0 Å². The quantitative estimate of drug-likeness (QED) is 0.773. The topological polar surface area (TPSA) is 66.5 Å². The molecule has 1 amide bonds. The van der Waals surface area contributed by atoms with Crippen LogP contribution >= 0.6 is 34.8 Å². The molecule has 0 atom stereocenters. The van der Waals surface area contributed by atoms with Gasteiger partial charge in [-0.2, -0.15) is 0 Å². The summed E-state index contributed by atoms with van der Waals surface area (Å²) >= 11 is 18.0. The van der Waals surface area contributed by atoms with Crippen molar-refractivity contribution in [3.63, 3.8) is 0 Å². The van der Waals surface area contributed by atoms with Gasteiger partial charge in [0.1, 0.15) is 6.54 Å². The maximum absolute atomic E-state index is 12.2. The monoisotopic (exact) mass is 420 g/mol. The number of nitrogens with zero attached hydrogens (tertiary/aromatic N) is 1. The average Bonchev–Trinajstić information content (AvgIpc) is 2.53. The van der Waals surface area contributed by atoms with Gasteiger partial charge in [-0.3, -0.25) is 9.10 Å². The SMILES string of the molecule is CS(=O)(=O)N(CC(=O)NCc1ccccc1Cl)c1cc(Cl)ccc1Cl. The molecule has 25 heavy (non-hydrogen) atoms. The van der Waals surface area contributed by atoms with Crippen molar-refractivity contribution >= 4 is 56.4 Å². The van der Waals surface area contributed by atoms with E-state index >= 15 is 0 Å². The highest BCUT2D eigenvalue weighted by Crippen LogP contribution is 2.30. The lowest BCUT2D eigenvalue weighted by molar-refractivity contribution is -0.119. The molecule has 0 saturated heterocycles. The molecule has 0 aromatic heterocycles. The molecule has 0 radical (unpaired) electrons. The summed E-state index contributed by atoms with van der Waals surface area (Å²) in [6.07, 6.45) is 0.992. The largest absolute Gasteiger partial charge is 0.350 e. The number of anilines is 1. The van der Waals surface area contributed by atoms with Crippen molar-refractivity contribution < 1.29 is 13.2 Å². The van der Waals surface area contributed by atoms with Crippen LogP contribution in [0.15, 0.2) is 42.5 Å². The summed E-state index contributed by atoms with van der Waals surface area (Å²) < 4.78 is 25.1. The van der Waals surface area contributed by atoms with E-state index in [1.165, 1.54) is 18.2 Å². The number of hydrogen-bond acceptors (Lipinski definition) is 3. The van der Waals surface area contributed by atoms with Crippen LogP contribution in [0.4, 0.5) is 5.69 Å². The molecule has 0 aliphatic rings. The minimum Gasteiger partial charge on any atom is -0.350 e. The first-order chi connectivity index (χ1) is 11.7. The normalized spacial score (nSPS) is 11.2. The Morgan fingerprint density at radius 1 is 1.08 bits per heavy atom. The molecular formula is C16H15Cl3N2O3S. The lowest BCUT2D eigenvalue weighted by Crippen LogP contribution is -2.40. The molecular weight excluding hydrogens is 407 g/mol. The van der Waals surface area contributed by atoms with Gasteiger partial charge in [-0.1, -0.05) is 53.0 Å². The molecule has 134 valence electrons. The lowest BCUT2D eigenvalue weighted by Gasteiger charge is -2.23. The fourth-order valence-electron chi connectivity index (χ4n) is 2.08. The molecule has 0 fully saturated rings. The van der Waals surface area contributed by atoms with Crippen molar-refractivity contribution in [3.8, 4) is 0 Å². The lowest BCUT2D eigenvalue weighted by atomic mass is 10.2. The van der Waals surface area contributed by atoms with Gasteiger partial charge in [-0.15, -0.1) is 0 Å². The Bertz CT molecular complexity index is 888. The standard InChI is InChI=1S/C16H15Cl3N2O3S/c1-25(23,24)21(15-8-12(17)6-7-14(15)19)10-16(22)20-9-11-4-2-3-5-13(11)18/h2-8H,9-10H2,1H3,(H,20,22). The minimum absolute atomic E-state index is 0.143. The molecule has 0 aliphatic heterocycles. The predicted octanol–water partition coefficient (Wildman–Crippen LogP) is 3.73. The third-order valence-electron chi connectivity index (χ3n) is 3.30. The second-order valence-corrected chi connectivity index (χ2v) is 8.39. The molecule has 2 rings (SSSR count). The van der Waals surface area contributed by atoms with E-state index in [1.807, 2.05) is 0 Å².